The Hall–Kier alpha value is -2.60. The van der Waals surface area contributed by atoms with E-state index in [0.29, 0.717) is 5.16 Å². The Kier molecular flexibility index (Phi) is 5.50. The van der Waals surface area contributed by atoms with Gasteiger partial charge in [0, 0.05) is 11.1 Å². The van der Waals surface area contributed by atoms with Crippen molar-refractivity contribution in [3.8, 4) is 34.0 Å². The normalized spacial score (nSPS) is 10.5. The number of benzene rings is 2. The Balaban J connectivity index is 2.09. The summed E-state index contributed by atoms with van der Waals surface area (Å²) in [4.78, 5) is 4.72. The fraction of sp³-hybridized carbons (Fsp3) is 0.211. The van der Waals surface area contributed by atoms with Gasteiger partial charge in [0.15, 0.2) is 0 Å². The minimum atomic E-state index is 0.672. The molecule has 1 heterocycles. The van der Waals surface area contributed by atoms with Gasteiger partial charge in [-0.2, -0.15) is 0 Å². The molecule has 2 aromatic carbocycles. The van der Waals surface area contributed by atoms with E-state index in [1.54, 1.807) is 26.0 Å². The van der Waals surface area contributed by atoms with Gasteiger partial charge in [0.2, 0.25) is 5.16 Å². The quantitative estimate of drug-likeness (QED) is 0.615. The Morgan fingerprint density at radius 1 is 0.760 bits per heavy atom. The molecule has 0 fully saturated rings. The number of aromatic nitrogens is 3. The molecule has 0 atom stereocenters. The van der Waals surface area contributed by atoms with E-state index in [1.807, 2.05) is 48.5 Å². The zero-order valence-corrected chi connectivity index (χ0v) is 15.2. The van der Waals surface area contributed by atoms with Crippen molar-refractivity contribution in [1.82, 2.24) is 15.2 Å². The van der Waals surface area contributed by atoms with Crippen LogP contribution in [0.25, 0.3) is 22.5 Å². The highest BCUT2D eigenvalue weighted by Crippen LogP contribution is 2.31. The molecule has 0 amide bonds. The topological polar surface area (TPSA) is 57.1 Å². The lowest BCUT2D eigenvalue weighted by Crippen LogP contribution is -1.99. The van der Waals surface area contributed by atoms with Crippen LogP contribution >= 0.6 is 11.8 Å². The molecule has 1 aromatic heterocycles. The van der Waals surface area contributed by atoms with E-state index in [4.69, 9.17) is 14.5 Å². The average Bonchev–Trinajstić information content (AvgIpc) is 2.68. The molecule has 25 heavy (non-hydrogen) atoms. The van der Waals surface area contributed by atoms with E-state index in [-0.39, 0.29) is 0 Å². The fourth-order valence-corrected chi connectivity index (χ4v) is 2.91. The van der Waals surface area contributed by atoms with Crippen LogP contribution in [-0.4, -0.2) is 35.2 Å². The number of methoxy groups -OCH3 is 2. The van der Waals surface area contributed by atoms with Crippen molar-refractivity contribution in [2.45, 2.75) is 12.1 Å². The minimum Gasteiger partial charge on any atom is -0.497 e. The molecule has 0 saturated heterocycles. The van der Waals surface area contributed by atoms with Crippen LogP contribution in [0.1, 0.15) is 6.92 Å². The SMILES string of the molecule is CCSc1nnc(-c2ccc(OC)cc2)c(-c2ccc(OC)cc2)n1. The summed E-state index contributed by atoms with van der Waals surface area (Å²) in [5.41, 5.74) is 3.46. The maximum absolute atomic E-state index is 5.24. The van der Waals surface area contributed by atoms with Crippen molar-refractivity contribution in [1.29, 1.82) is 0 Å². The molecular formula is C19H19N3O2S. The molecule has 0 unspecified atom stereocenters. The van der Waals surface area contributed by atoms with Crippen LogP contribution in [0, 0.1) is 0 Å². The highest BCUT2D eigenvalue weighted by atomic mass is 32.2. The molecule has 128 valence electrons. The van der Waals surface area contributed by atoms with Crippen molar-refractivity contribution in [2.24, 2.45) is 0 Å². The lowest BCUT2D eigenvalue weighted by Gasteiger charge is -2.10. The molecule has 0 aliphatic rings. The zero-order valence-electron chi connectivity index (χ0n) is 14.4. The predicted molar refractivity (Wildman–Crippen MR) is 100 cm³/mol. The van der Waals surface area contributed by atoms with E-state index < -0.39 is 0 Å². The monoisotopic (exact) mass is 353 g/mol. The van der Waals surface area contributed by atoms with Crippen molar-refractivity contribution >= 4 is 11.8 Å². The van der Waals surface area contributed by atoms with Crippen LogP contribution in [0.5, 0.6) is 11.5 Å². The maximum atomic E-state index is 5.24. The van der Waals surface area contributed by atoms with E-state index in [9.17, 15) is 0 Å². The smallest absolute Gasteiger partial charge is 0.209 e. The number of ether oxygens (including phenoxy) is 2. The van der Waals surface area contributed by atoms with Crippen molar-refractivity contribution in [3.63, 3.8) is 0 Å². The first-order valence-electron chi connectivity index (χ1n) is 7.91. The van der Waals surface area contributed by atoms with Crippen LogP contribution in [0.15, 0.2) is 53.7 Å². The Labute approximate surface area is 151 Å². The van der Waals surface area contributed by atoms with Gasteiger partial charge in [0.25, 0.3) is 0 Å². The van der Waals surface area contributed by atoms with Crippen molar-refractivity contribution < 1.29 is 9.47 Å². The highest BCUT2D eigenvalue weighted by Gasteiger charge is 2.14. The average molecular weight is 353 g/mol. The van der Waals surface area contributed by atoms with Crippen LogP contribution in [0.4, 0.5) is 0 Å². The van der Waals surface area contributed by atoms with E-state index in [1.165, 1.54) is 0 Å². The number of rotatable bonds is 6. The summed E-state index contributed by atoms with van der Waals surface area (Å²) in [5.74, 6) is 2.50. The molecule has 5 nitrogen and oxygen atoms in total. The Bertz CT molecular complexity index is 836. The summed E-state index contributed by atoms with van der Waals surface area (Å²) in [6, 6.07) is 15.5. The summed E-state index contributed by atoms with van der Waals surface area (Å²) >= 11 is 1.57. The fourth-order valence-electron chi connectivity index (χ4n) is 2.39. The van der Waals surface area contributed by atoms with Crippen molar-refractivity contribution in [3.05, 3.63) is 48.5 Å². The minimum absolute atomic E-state index is 0.672. The lowest BCUT2D eigenvalue weighted by atomic mass is 10.0. The molecule has 6 heteroatoms. The summed E-state index contributed by atoms with van der Waals surface area (Å²) in [6.07, 6.45) is 0. The summed E-state index contributed by atoms with van der Waals surface area (Å²) in [7, 11) is 3.30. The molecule has 0 radical (unpaired) electrons. The third-order valence-corrected chi connectivity index (χ3v) is 4.39. The second kappa shape index (κ2) is 7.98. The van der Waals surface area contributed by atoms with Crippen LogP contribution in [-0.2, 0) is 0 Å². The van der Waals surface area contributed by atoms with Crippen LogP contribution < -0.4 is 9.47 Å². The molecule has 0 aliphatic heterocycles. The molecule has 0 spiro atoms. The van der Waals surface area contributed by atoms with Gasteiger partial charge in [-0.05, 0) is 54.3 Å². The molecule has 0 saturated carbocycles. The summed E-state index contributed by atoms with van der Waals surface area (Å²) in [5, 5.41) is 9.36. The van der Waals surface area contributed by atoms with Crippen LogP contribution in [0.2, 0.25) is 0 Å². The number of hydrogen-bond donors (Lipinski definition) is 0. The number of thioether (sulfide) groups is 1. The van der Waals surface area contributed by atoms with Gasteiger partial charge in [-0.25, -0.2) is 4.98 Å². The van der Waals surface area contributed by atoms with Crippen molar-refractivity contribution in [2.75, 3.05) is 20.0 Å². The van der Waals surface area contributed by atoms with Gasteiger partial charge in [-0.15, -0.1) is 10.2 Å². The third kappa shape index (κ3) is 3.91. The Morgan fingerprint density at radius 2 is 1.28 bits per heavy atom. The number of nitrogens with zero attached hydrogens (tertiary/aromatic N) is 3. The maximum Gasteiger partial charge on any atom is 0.209 e. The second-order valence-electron chi connectivity index (χ2n) is 5.18. The van der Waals surface area contributed by atoms with Crippen LogP contribution in [0.3, 0.4) is 0 Å². The molecule has 0 N–H and O–H groups in total. The lowest BCUT2D eigenvalue weighted by molar-refractivity contribution is 0.414. The van der Waals surface area contributed by atoms with Gasteiger partial charge in [0.1, 0.15) is 22.9 Å². The largest absolute Gasteiger partial charge is 0.497 e. The van der Waals surface area contributed by atoms with Gasteiger partial charge in [0.05, 0.1) is 14.2 Å². The van der Waals surface area contributed by atoms with E-state index >= 15 is 0 Å². The standard InChI is InChI=1S/C19H19N3O2S/c1-4-25-19-20-17(13-5-9-15(23-2)10-6-13)18(21-22-19)14-7-11-16(24-3)12-8-14/h5-12H,4H2,1-3H3. The van der Waals surface area contributed by atoms with Gasteiger partial charge >= 0.3 is 0 Å². The molecule has 0 aliphatic carbocycles. The van der Waals surface area contributed by atoms with E-state index in [0.717, 1.165) is 39.8 Å². The Morgan fingerprint density at radius 3 is 1.76 bits per heavy atom. The summed E-state index contributed by atoms with van der Waals surface area (Å²) in [6.45, 7) is 2.07. The van der Waals surface area contributed by atoms with E-state index in [2.05, 4.69) is 17.1 Å². The highest BCUT2D eigenvalue weighted by molar-refractivity contribution is 7.99. The zero-order chi connectivity index (χ0) is 17.6. The second-order valence-corrected chi connectivity index (χ2v) is 6.41. The first-order valence-corrected chi connectivity index (χ1v) is 8.90. The van der Waals surface area contributed by atoms with Gasteiger partial charge in [-0.3, -0.25) is 0 Å². The van der Waals surface area contributed by atoms with Gasteiger partial charge in [-0.1, -0.05) is 18.7 Å². The predicted octanol–water partition coefficient (Wildman–Crippen LogP) is 4.33. The first kappa shape index (κ1) is 17.2. The number of hydrogen-bond acceptors (Lipinski definition) is 6. The first-order chi connectivity index (χ1) is 12.2. The molecule has 3 rings (SSSR count). The van der Waals surface area contributed by atoms with Gasteiger partial charge < -0.3 is 9.47 Å². The summed E-state index contributed by atoms with van der Waals surface area (Å²) < 4.78 is 10.5. The molecule has 0 bridgehead atoms. The molecule has 3 aromatic rings. The molecular weight excluding hydrogens is 334 g/mol. The third-order valence-electron chi connectivity index (χ3n) is 3.67.